The van der Waals surface area contributed by atoms with Gasteiger partial charge in [-0.1, -0.05) is 6.07 Å². The lowest BCUT2D eigenvalue weighted by atomic mass is 9.66. The SMILES string of the molecule is CCOc1ccc(C2(C3CNC3)COC2)cc1F. The van der Waals surface area contributed by atoms with Crippen LogP contribution in [0.4, 0.5) is 4.39 Å². The van der Waals surface area contributed by atoms with Crippen molar-refractivity contribution in [2.24, 2.45) is 5.92 Å². The van der Waals surface area contributed by atoms with Gasteiger partial charge in [0.15, 0.2) is 11.6 Å². The topological polar surface area (TPSA) is 30.5 Å². The summed E-state index contributed by atoms with van der Waals surface area (Å²) in [5.74, 6) is 0.625. The first-order valence-electron chi connectivity index (χ1n) is 6.47. The largest absolute Gasteiger partial charge is 0.491 e. The van der Waals surface area contributed by atoms with Crippen molar-refractivity contribution in [1.82, 2.24) is 5.32 Å². The van der Waals surface area contributed by atoms with Crippen molar-refractivity contribution in [3.8, 4) is 5.75 Å². The molecule has 1 N–H and O–H groups in total. The maximum atomic E-state index is 13.9. The number of nitrogens with one attached hydrogen (secondary N) is 1. The maximum absolute atomic E-state index is 13.9. The Kier molecular flexibility index (Phi) is 2.99. The smallest absolute Gasteiger partial charge is 0.165 e. The summed E-state index contributed by atoms with van der Waals surface area (Å²) in [6.07, 6.45) is 0. The molecule has 0 atom stereocenters. The molecule has 0 saturated carbocycles. The lowest BCUT2D eigenvalue weighted by Crippen LogP contribution is -2.62. The van der Waals surface area contributed by atoms with Crippen LogP contribution < -0.4 is 10.1 Å². The van der Waals surface area contributed by atoms with Gasteiger partial charge in [-0.05, 0) is 30.5 Å². The minimum Gasteiger partial charge on any atom is -0.491 e. The van der Waals surface area contributed by atoms with E-state index in [1.807, 2.05) is 13.0 Å². The van der Waals surface area contributed by atoms with Crippen LogP contribution in [0.15, 0.2) is 18.2 Å². The molecular weight excluding hydrogens is 233 g/mol. The van der Waals surface area contributed by atoms with Gasteiger partial charge in [0.05, 0.1) is 19.8 Å². The van der Waals surface area contributed by atoms with Crippen LogP contribution in [0.1, 0.15) is 12.5 Å². The van der Waals surface area contributed by atoms with E-state index in [1.165, 1.54) is 0 Å². The highest BCUT2D eigenvalue weighted by Gasteiger charge is 2.49. The number of hydrogen-bond donors (Lipinski definition) is 1. The van der Waals surface area contributed by atoms with Gasteiger partial charge in [-0.25, -0.2) is 4.39 Å². The fourth-order valence-electron chi connectivity index (χ4n) is 2.72. The summed E-state index contributed by atoms with van der Waals surface area (Å²) < 4.78 is 24.6. The van der Waals surface area contributed by atoms with E-state index in [1.54, 1.807) is 12.1 Å². The van der Waals surface area contributed by atoms with E-state index >= 15 is 0 Å². The molecule has 3 rings (SSSR count). The average Bonchev–Trinajstić information content (AvgIpc) is 2.24. The molecule has 3 nitrogen and oxygen atoms in total. The first kappa shape index (κ1) is 11.9. The molecule has 0 aliphatic carbocycles. The van der Waals surface area contributed by atoms with Crippen molar-refractivity contribution in [3.63, 3.8) is 0 Å². The average molecular weight is 251 g/mol. The van der Waals surface area contributed by atoms with Crippen LogP contribution in [0.2, 0.25) is 0 Å². The zero-order valence-electron chi connectivity index (χ0n) is 10.5. The molecular formula is C14H18FNO2. The summed E-state index contributed by atoms with van der Waals surface area (Å²) in [4.78, 5) is 0. The number of ether oxygens (including phenoxy) is 2. The second-order valence-electron chi connectivity index (χ2n) is 5.08. The van der Waals surface area contributed by atoms with Gasteiger partial charge in [0.1, 0.15) is 0 Å². The predicted molar refractivity (Wildman–Crippen MR) is 66.4 cm³/mol. The third-order valence-electron chi connectivity index (χ3n) is 4.09. The highest BCUT2D eigenvalue weighted by Crippen LogP contribution is 2.42. The van der Waals surface area contributed by atoms with Crippen LogP contribution in [0.3, 0.4) is 0 Å². The number of halogens is 1. The molecule has 0 aromatic heterocycles. The van der Waals surface area contributed by atoms with Crippen molar-refractivity contribution in [2.75, 3.05) is 32.9 Å². The Bertz CT molecular complexity index is 441. The Labute approximate surface area is 106 Å². The fourth-order valence-corrected chi connectivity index (χ4v) is 2.72. The standard InChI is InChI=1S/C14H18FNO2/c1-2-18-13-4-3-10(5-12(13)15)14(8-17-9-14)11-6-16-7-11/h3-5,11,16H,2,6-9H2,1H3. The van der Waals surface area contributed by atoms with Crippen LogP contribution in [-0.2, 0) is 10.2 Å². The summed E-state index contributed by atoms with van der Waals surface area (Å²) in [6, 6.07) is 5.33. The van der Waals surface area contributed by atoms with Crippen LogP contribution in [0.5, 0.6) is 5.75 Å². The number of rotatable bonds is 4. The molecule has 2 saturated heterocycles. The van der Waals surface area contributed by atoms with Gasteiger partial charge in [-0.3, -0.25) is 0 Å². The summed E-state index contributed by atoms with van der Waals surface area (Å²) in [5, 5.41) is 3.28. The number of hydrogen-bond acceptors (Lipinski definition) is 3. The third kappa shape index (κ3) is 1.71. The molecule has 2 fully saturated rings. The fraction of sp³-hybridized carbons (Fsp3) is 0.571. The highest BCUT2D eigenvalue weighted by molar-refractivity contribution is 5.37. The van der Waals surface area contributed by atoms with Crippen LogP contribution in [-0.4, -0.2) is 32.9 Å². The second-order valence-corrected chi connectivity index (χ2v) is 5.08. The summed E-state index contributed by atoms with van der Waals surface area (Å²) >= 11 is 0. The van der Waals surface area contributed by atoms with Gasteiger partial charge in [0.2, 0.25) is 0 Å². The van der Waals surface area contributed by atoms with Crippen LogP contribution in [0, 0.1) is 11.7 Å². The molecule has 98 valence electrons. The van der Waals surface area contributed by atoms with Crippen molar-refractivity contribution in [3.05, 3.63) is 29.6 Å². The molecule has 4 heteroatoms. The first-order chi connectivity index (χ1) is 8.76. The predicted octanol–water partition coefficient (Wildman–Crippen LogP) is 1.71. The molecule has 1 aromatic carbocycles. The van der Waals surface area contributed by atoms with Crippen molar-refractivity contribution >= 4 is 0 Å². The molecule has 0 unspecified atom stereocenters. The second kappa shape index (κ2) is 4.52. The van der Waals surface area contributed by atoms with E-state index in [2.05, 4.69) is 5.32 Å². The zero-order chi connectivity index (χ0) is 12.6. The molecule has 0 bridgehead atoms. The third-order valence-corrected chi connectivity index (χ3v) is 4.09. The monoisotopic (exact) mass is 251 g/mol. The summed E-state index contributed by atoms with van der Waals surface area (Å²) in [5.41, 5.74) is 1.05. The Hall–Kier alpha value is -1.13. The van der Waals surface area contributed by atoms with Gasteiger partial charge in [0.25, 0.3) is 0 Å². The Balaban J connectivity index is 1.88. The lowest BCUT2D eigenvalue weighted by Gasteiger charge is -2.51. The normalized spacial score (nSPS) is 22.1. The van der Waals surface area contributed by atoms with Gasteiger partial charge >= 0.3 is 0 Å². The maximum Gasteiger partial charge on any atom is 0.165 e. The van der Waals surface area contributed by atoms with Gasteiger partial charge in [-0.15, -0.1) is 0 Å². The Morgan fingerprint density at radius 3 is 2.67 bits per heavy atom. The van der Waals surface area contributed by atoms with Crippen LogP contribution in [0.25, 0.3) is 0 Å². The molecule has 2 aliphatic rings. The minimum absolute atomic E-state index is 0.0107. The van der Waals surface area contributed by atoms with E-state index in [0.29, 0.717) is 31.5 Å². The molecule has 1 aromatic rings. The van der Waals surface area contributed by atoms with E-state index < -0.39 is 0 Å². The zero-order valence-corrected chi connectivity index (χ0v) is 10.5. The Morgan fingerprint density at radius 1 is 1.44 bits per heavy atom. The summed E-state index contributed by atoms with van der Waals surface area (Å²) in [6.45, 7) is 5.74. The van der Waals surface area contributed by atoms with E-state index in [4.69, 9.17) is 9.47 Å². The van der Waals surface area contributed by atoms with Gasteiger partial charge < -0.3 is 14.8 Å². The first-order valence-corrected chi connectivity index (χ1v) is 6.47. The lowest BCUT2D eigenvalue weighted by molar-refractivity contribution is -0.101. The van der Waals surface area contributed by atoms with Crippen LogP contribution >= 0.6 is 0 Å². The molecule has 2 heterocycles. The van der Waals surface area contributed by atoms with Crippen molar-refractivity contribution in [2.45, 2.75) is 12.3 Å². The minimum atomic E-state index is -0.270. The highest BCUT2D eigenvalue weighted by atomic mass is 19.1. The molecule has 0 spiro atoms. The molecule has 18 heavy (non-hydrogen) atoms. The van der Waals surface area contributed by atoms with Crippen molar-refractivity contribution in [1.29, 1.82) is 0 Å². The molecule has 0 amide bonds. The molecule has 2 aliphatic heterocycles. The summed E-state index contributed by atoms with van der Waals surface area (Å²) in [7, 11) is 0. The van der Waals surface area contributed by atoms with E-state index in [-0.39, 0.29) is 11.2 Å². The Morgan fingerprint density at radius 2 is 2.22 bits per heavy atom. The number of benzene rings is 1. The quantitative estimate of drug-likeness (QED) is 0.883. The van der Waals surface area contributed by atoms with Gasteiger partial charge in [-0.2, -0.15) is 0 Å². The van der Waals surface area contributed by atoms with E-state index in [9.17, 15) is 4.39 Å². The van der Waals surface area contributed by atoms with E-state index in [0.717, 1.165) is 18.7 Å². The molecule has 0 radical (unpaired) electrons. The van der Waals surface area contributed by atoms with Gasteiger partial charge in [0, 0.05) is 18.5 Å². The van der Waals surface area contributed by atoms with Crippen molar-refractivity contribution < 1.29 is 13.9 Å².